The molecule has 1 fully saturated rings. The average molecular weight is 311 g/mol. The third-order valence-electron chi connectivity index (χ3n) is 2.95. The van der Waals surface area contributed by atoms with E-state index in [0.717, 1.165) is 0 Å². The standard InChI is InChI=1S/C12H22FNO5S/c1-12(2,3)19-11(15)14-6-10(8-20(13,16)17)9-4-5-18-7-9/h9-10H,4-8H2,1-3H3,(H,14,15). The van der Waals surface area contributed by atoms with Gasteiger partial charge in [-0.2, -0.15) is 8.42 Å². The van der Waals surface area contributed by atoms with Gasteiger partial charge in [0.05, 0.1) is 5.75 Å². The van der Waals surface area contributed by atoms with Crippen LogP contribution < -0.4 is 5.32 Å². The molecule has 1 saturated heterocycles. The summed E-state index contributed by atoms with van der Waals surface area (Å²) in [6.45, 7) is 6.13. The first-order valence-corrected chi connectivity index (χ1v) is 8.09. The molecule has 1 N–H and O–H groups in total. The van der Waals surface area contributed by atoms with Gasteiger partial charge in [0.1, 0.15) is 5.60 Å². The zero-order chi connectivity index (χ0) is 15.4. The molecule has 0 aliphatic carbocycles. The molecule has 2 atom stereocenters. The molecule has 1 aliphatic rings. The summed E-state index contributed by atoms with van der Waals surface area (Å²) < 4.78 is 44.8. The van der Waals surface area contributed by atoms with Crippen LogP contribution in [0.5, 0.6) is 0 Å². The molecular formula is C12H22FNO5S. The molecule has 1 heterocycles. The van der Waals surface area contributed by atoms with Crippen molar-refractivity contribution < 1.29 is 26.6 Å². The maximum Gasteiger partial charge on any atom is 0.407 e. The molecule has 1 aliphatic heterocycles. The minimum Gasteiger partial charge on any atom is -0.444 e. The molecule has 0 radical (unpaired) electrons. The lowest BCUT2D eigenvalue weighted by atomic mass is 9.93. The van der Waals surface area contributed by atoms with Crippen LogP contribution >= 0.6 is 0 Å². The fourth-order valence-corrected chi connectivity index (χ4v) is 2.97. The second-order valence-electron chi connectivity index (χ2n) is 5.97. The molecule has 0 saturated carbocycles. The van der Waals surface area contributed by atoms with Crippen LogP contribution in [-0.2, 0) is 19.7 Å². The van der Waals surface area contributed by atoms with Gasteiger partial charge in [-0.05, 0) is 39.0 Å². The number of hydrogen-bond acceptors (Lipinski definition) is 5. The van der Waals surface area contributed by atoms with Crippen LogP contribution in [0.1, 0.15) is 27.2 Å². The van der Waals surface area contributed by atoms with Gasteiger partial charge in [-0.25, -0.2) is 4.79 Å². The third-order valence-corrected chi connectivity index (χ3v) is 3.78. The minimum absolute atomic E-state index is 0.0477. The smallest absolute Gasteiger partial charge is 0.407 e. The lowest BCUT2D eigenvalue weighted by molar-refractivity contribution is 0.0513. The van der Waals surface area contributed by atoms with Gasteiger partial charge >= 0.3 is 16.3 Å². The van der Waals surface area contributed by atoms with E-state index in [1.165, 1.54) is 0 Å². The highest BCUT2D eigenvalue weighted by atomic mass is 32.3. The van der Waals surface area contributed by atoms with Crippen LogP contribution in [0.15, 0.2) is 0 Å². The van der Waals surface area contributed by atoms with Crippen LogP contribution in [0, 0.1) is 11.8 Å². The Kier molecular flexibility index (Phi) is 5.76. The third kappa shape index (κ3) is 7.04. The van der Waals surface area contributed by atoms with Gasteiger partial charge in [-0.15, -0.1) is 3.89 Å². The molecule has 20 heavy (non-hydrogen) atoms. The first kappa shape index (κ1) is 17.2. The molecule has 0 aromatic heterocycles. The van der Waals surface area contributed by atoms with E-state index in [9.17, 15) is 17.1 Å². The van der Waals surface area contributed by atoms with Crippen molar-refractivity contribution in [2.24, 2.45) is 11.8 Å². The SMILES string of the molecule is CC(C)(C)OC(=O)NCC(CS(=O)(=O)F)C1CCOC1. The molecule has 0 bridgehead atoms. The molecule has 0 aromatic carbocycles. The summed E-state index contributed by atoms with van der Waals surface area (Å²) in [7, 11) is -4.59. The fraction of sp³-hybridized carbons (Fsp3) is 0.917. The first-order valence-electron chi connectivity index (χ1n) is 6.54. The number of rotatable bonds is 5. The van der Waals surface area contributed by atoms with Crippen molar-refractivity contribution in [2.45, 2.75) is 32.8 Å². The number of amides is 1. The van der Waals surface area contributed by atoms with Gasteiger partial charge in [-0.3, -0.25) is 0 Å². The number of halogens is 1. The molecule has 1 amide bonds. The van der Waals surface area contributed by atoms with Crippen LogP contribution in [0.3, 0.4) is 0 Å². The molecule has 0 aromatic rings. The summed E-state index contributed by atoms with van der Waals surface area (Å²) in [6, 6.07) is 0. The second kappa shape index (κ2) is 6.71. The Bertz CT molecular complexity index is 426. The number of carbonyl (C=O) groups is 1. The zero-order valence-corrected chi connectivity index (χ0v) is 12.8. The second-order valence-corrected chi connectivity index (χ2v) is 7.38. The summed E-state index contributed by atoms with van der Waals surface area (Å²) in [5.74, 6) is -1.20. The van der Waals surface area contributed by atoms with Crippen LogP contribution in [0.25, 0.3) is 0 Å². The predicted molar refractivity (Wildman–Crippen MR) is 71.5 cm³/mol. The summed E-state index contributed by atoms with van der Waals surface area (Å²) >= 11 is 0. The molecule has 6 nitrogen and oxygen atoms in total. The van der Waals surface area contributed by atoms with Gasteiger partial charge in [0.15, 0.2) is 0 Å². The van der Waals surface area contributed by atoms with E-state index >= 15 is 0 Å². The van der Waals surface area contributed by atoms with E-state index < -0.39 is 33.6 Å². The lowest BCUT2D eigenvalue weighted by Crippen LogP contribution is -2.39. The number of nitrogens with one attached hydrogen (secondary N) is 1. The topological polar surface area (TPSA) is 81.7 Å². The Labute approximate surface area is 119 Å². The Balaban J connectivity index is 2.54. The lowest BCUT2D eigenvalue weighted by Gasteiger charge is -2.23. The van der Waals surface area contributed by atoms with Gasteiger partial charge in [0.2, 0.25) is 0 Å². The molecule has 0 spiro atoms. The highest BCUT2D eigenvalue weighted by Gasteiger charge is 2.30. The van der Waals surface area contributed by atoms with Crippen molar-refractivity contribution in [3.8, 4) is 0 Å². The highest BCUT2D eigenvalue weighted by molar-refractivity contribution is 7.86. The molecular weight excluding hydrogens is 289 g/mol. The maximum absolute atomic E-state index is 12.9. The van der Waals surface area contributed by atoms with E-state index in [4.69, 9.17) is 9.47 Å². The number of carbonyl (C=O) groups excluding carboxylic acids is 1. The molecule has 118 valence electrons. The van der Waals surface area contributed by atoms with Crippen LogP contribution in [-0.4, -0.2) is 45.6 Å². The predicted octanol–water partition coefficient (Wildman–Crippen LogP) is 1.46. The highest BCUT2D eigenvalue weighted by Crippen LogP contribution is 2.23. The van der Waals surface area contributed by atoms with Crippen molar-refractivity contribution >= 4 is 16.3 Å². The van der Waals surface area contributed by atoms with Crippen molar-refractivity contribution in [3.05, 3.63) is 0 Å². The quantitative estimate of drug-likeness (QED) is 0.777. The number of hydrogen-bond donors (Lipinski definition) is 1. The summed E-state index contributed by atoms with van der Waals surface area (Å²) in [6.07, 6.45) is 0.0218. The molecule has 2 unspecified atom stereocenters. The van der Waals surface area contributed by atoms with Crippen molar-refractivity contribution in [2.75, 3.05) is 25.5 Å². The van der Waals surface area contributed by atoms with E-state index in [1.807, 2.05) is 0 Å². The Morgan fingerprint density at radius 3 is 2.60 bits per heavy atom. The average Bonchev–Trinajstić information content (AvgIpc) is 2.73. The van der Waals surface area contributed by atoms with Gasteiger partial charge in [0, 0.05) is 19.8 Å². The minimum atomic E-state index is -4.59. The van der Waals surface area contributed by atoms with Crippen molar-refractivity contribution in [1.82, 2.24) is 5.32 Å². The normalized spacial score (nSPS) is 21.5. The maximum atomic E-state index is 12.9. The van der Waals surface area contributed by atoms with E-state index in [-0.39, 0.29) is 12.5 Å². The van der Waals surface area contributed by atoms with Crippen molar-refractivity contribution in [1.29, 1.82) is 0 Å². The van der Waals surface area contributed by atoms with Crippen LogP contribution in [0.2, 0.25) is 0 Å². The largest absolute Gasteiger partial charge is 0.444 e. The Morgan fingerprint density at radius 1 is 1.50 bits per heavy atom. The van der Waals surface area contributed by atoms with E-state index in [2.05, 4.69) is 5.32 Å². The van der Waals surface area contributed by atoms with Crippen LogP contribution in [0.4, 0.5) is 8.68 Å². The first-order chi connectivity index (χ1) is 9.07. The zero-order valence-electron chi connectivity index (χ0n) is 12.0. The van der Waals surface area contributed by atoms with Gasteiger partial charge in [-0.1, -0.05) is 0 Å². The summed E-state index contributed by atoms with van der Waals surface area (Å²) in [5.41, 5.74) is -0.637. The fourth-order valence-electron chi connectivity index (χ4n) is 2.07. The monoisotopic (exact) mass is 311 g/mol. The van der Waals surface area contributed by atoms with Gasteiger partial charge < -0.3 is 14.8 Å². The Morgan fingerprint density at radius 2 is 2.15 bits per heavy atom. The number of alkyl carbamates (subject to hydrolysis) is 1. The van der Waals surface area contributed by atoms with E-state index in [1.54, 1.807) is 20.8 Å². The van der Waals surface area contributed by atoms with Gasteiger partial charge in [0.25, 0.3) is 0 Å². The Hall–Kier alpha value is -0.890. The van der Waals surface area contributed by atoms with E-state index in [0.29, 0.717) is 19.6 Å². The molecule has 1 rings (SSSR count). The summed E-state index contributed by atoms with van der Waals surface area (Å²) in [4.78, 5) is 11.5. The number of ether oxygens (including phenoxy) is 2. The molecule has 8 heteroatoms. The van der Waals surface area contributed by atoms with Crippen molar-refractivity contribution in [3.63, 3.8) is 0 Å². The summed E-state index contributed by atoms with van der Waals surface area (Å²) in [5, 5.41) is 2.49.